The summed E-state index contributed by atoms with van der Waals surface area (Å²) in [5.41, 5.74) is 1.76. The van der Waals surface area contributed by atoms with Crippen molar-refractivity contribution in [1.29, 1.82) is 0 Å². The van der Waals surface area contributed by atoms with Gasteiger partial charge in [0.15, 0.2) is 5.76 Å². The molecule has 0 fully saturated rings. The highest BCUT2D eigenvalue weighted by atomic mass is 16.3. The third-order valence-electron chi connectivity index (χ3n) is 3.74. The maximum absolute atomic E-state index is 12.7. The van der Waals surface area contributed by atoms with E-state index in [2.05, 4.69) is 10.6 Å². The van der Waals surface area contributed by atoms with E-state index in [4.69, 9.17) is 4.42 Å². The molecule has 0 radical (unpaired) electrons. The Labute approximate surface area is 148 Å². The zero-order chi connectivity index (χ0) is 18.4. The lowest BCUT2D eigenvalue weighted by Crippen LogP contribution is -2.47. The van der Waals surface area contributed by atoms with Crippen LogP contribution in [0.25, 0.3) is 0 Å². The summed E-state index contributed by atoms with van der Waals surface area (Å²) in [5, 5.41) is 5.68. The van der Waals surface area contributed by atoms with Gasteiger partial charge < -0.3 is 20.0 Å². The first-order valence-electron chi connectivity index (χ1n) is 8.26. The van der Waals surface area contributed by atoms with Gasteiger partial charge in [0, 0.05) is 12.2 Å². The van der Waals surface area contributed by atoms with Gasteiger partial charge in [-0.15, -0.1) is 0 Å². The molecule has 6 nitrogen and oxygen atoms in total. The van der Waals surface area contributed by atoms with Gasteiger partial charge in [0.2, 0.25) is 5.91 Å². The van der Waals surface area contributed by atoms with Crippen LogP contribution < -0.4 is 10.6 Å². The SMILES string of the molecule is CC(C)C(NC(=O)c1ccco1)C(=O)Nc1ccccc1CN(C)C. The van der Waals surface area contributed by atoms with E-state index >= 15 is 0 Å². The number of furan rings is 1. The second-order valence-electron chi connectivity index (χ2n) is 6.56. The molecule has 0 aliphatic carbocycles. The lowest BCUT2D eigenvalue weighted by molar-refractivity contribution is -0.118. The Morgan fingerprint density at radius 1 is 1.12 bits per heavy atom. The molecule has 2 rings (SSSR count). The third-order valence-corrected chi connectivity index (χ3v) is 3.74. The summed E-state index contributed by atoms with van der Waals surface area (Å²) in [6.07, 6.45) is 1.43. The summed E-state index contributed by atoms with van der Waals surface area (Å²) in [7, 11) is 3.94. The van der Waals surface area contributed by atoms with Crippen LogP contribution in [0.3, 0.4) is 0 Å². The van der Waals surface area contributed by atoms with E-state index in [-0.39, 0.29) is 17.6 Å². The number of benzene rings is 1. The average Bonchev–Trinajstić information content (AvgIpc) is 3.08. The molecule has 0 bridgehead atoms. The van der Waals surface area contributed by atoms with E-state index in [1.54, 1.807) is 12.1 Å². The van der Waals surface area contributed by atoms with E-state index in [1.165, 1.54) is 6.26 Å². The smallest absolute Gasteiger partial charge is 0.287 e. The lowest BCUT2D eigenvalue weighted by Gasteiger charge is -2.22. The van der Waals surface area contributed by atoms with Crippen LogP contribution in [0.4, 0.5) is 5.69 Å². The van der Waals surface area contributed by atoms with Crippen LogP contribution in [0.5, 0.6) is 0 Å². The number of amides is 2. The second-order valence-corrected chi connectivity index (χ2v) is 6.56. The fraction of sp³-hybridized carbons (Fsp3) is 0.368. The van der Waals surface area contributed by atoms with E-state index in [0.29, 0.717) is 6.54 Å². The molecule has 1 unspecified atom stereocenters. The predicted octanol–water partition coefficient (Wildman–Crippen LogP) is 2.73. The molecule has 1 atom stereocenters. The number of para-hydroxylation sites is 1. The standard InChI is InChI=1S/C19H25N3O3/c1-13(2)17(21-18(23)16-10-7-11-25-16)19(24)20-15-9-6-5-8-14(15)12-22(3)4/h5-11,13,17H,12H2,1-4H3,(H,20,24)(H,21,23). The minimum atomic E-state index is -0.662. The number of nitrogens with one attached hydrogen (secondary N) is 2. The van der Waals surface area contributed by atoms with Crippen LogP contribution >= 0.6 is 0 Å². The average molecular weight is 343 g/mol. The highest BCUT2D eigenvalue weighted by Gasteiger charge is 2.26. The lowest BCUT2D eigenvalue weighted by atomic mass is 10.0. The normalized spacial score (nSPS) is 12.2. The molecule has 1 aromatic carbocycles. The Hall–Kier alpha value is -2.60. The van der Waals surface area contributed by atoms with Gasteiger partial charge >= 0.3 is 0 Å². The van der Waals surface area contributed by atoms with E-state index < -0.39 is 11.9 Å². The van der Waals surface area contributed by atoms with Crippen molar-refractivity contribution in [3.05, 3.63) is 54.0 Å². The maximum atomic E-state index is 12.7. The number of nitrogens with zero attached hydrogens (tertiary/aromatic N) is 1. The molecule has 0 saturated heterocycles. The summed E-state index contributed by atoms with van der Waals surface area (Å²) >= 11 is 0. The Morgan fingerprint density at radius 2 is 1.84 bits per heavy atom. The zero-order valence-corrected chi connectivity index (χ0v) is 15.1. The quantitative estimate of drug-likeness (QED) is 0.811. The van der Waals surface area contributed by atoms with Crippen LogP contribution in [0.2, 0.25) is 0 Å². The van der Waals surface area contributed by atoms with Crippen molar-refractivity contribution in [2.24, 2.45) is 5.92 Å². The van der Waals surface area contributed by atoms with Crippen LogP contribution in [0.1, 0.15) is 30.0 Å². The van der Waals surface area contributed by atoms with Crippen molar-refractivity contribution in [3.8, 4) is 0 Å². The summed E-state index contributed by atoms with van der Waals surface area (Å²) in [6, 6.07) is 10.2. The van der Waals surface area contributed by atoms with Crippen LogP contribution in [-0.4, -0.2) is 36.9 Å². The van der Waals surface area contributed by atoms with Crippen molar-refractivity contribution >= 4 is 17.5 Å². The van der Waals surface area contributed by atoms with Crippen molar-refractivity contribution in [2.45, 2.75) is 26.4 Å². The summed E-state index contributed by atoms with van der Waals surface area (Å²) in [4.78, 5) is 27.0. The largest absolute Gasteiger partial charge is 0.459 e. The van der Waals surface area contributed by atoms with E-state index in [1.807, 2.05) is 57.1 Å². The van der Waals surface area contributed by atoms with Crippen molar-refractivity contribution in [1.82, 2.24) is 10.2 Å². The highest BCUT2D eigenvalue weighted by molar-refractivity contribution is 6.00. The Balaban J connectivity index is 2.12. The topological polar surface area (TPSA) is 74.6 Å². The number of rotatable bonds is 7. The van der Waals surface area contributed by atoms with Crippen molar-refractivity contribution < 1.29 is 14.0 Å². The second kappa shape index (κ2) is 8.48. The molecule has 0 spiro atoms. The predicted molar refractivity (Wildman–Crippen MR) is 97.3 cm³/mol. The van der Waals surface area contributed by atoms with Crippen LogP contribution in [0, 0.1) is 5.92 Å². The molecule has 2 amide bonds. The maximum Gasteiger partial charge on any atom is 0.287 e. The van der Waals surface area contributed by atoms with Gasteiger partial charge in [-0.05, 0) is 43.8 Å². The van der Waals surface area contributed by atoms with Gasteiger partial charge in [0.1, 0.15) is 6.04 Å². The number of hydrogen-bond donors (Lipinski definition) is 2. The molecule has 0 aliphatic heterocycles. The van der Waals surface area contributed by atoms with Gasteiger partial charge in [-0.3, -0.25) is 9.59 Å². The van der Waals surface area contributed by atoms with Gasteiger partial charge in [-0.1, -0.05) is 32.0 Å². The van der Waals surface area contributed by atoms with Crippen LogP contribution in [0.15, 0.2) is 47.1 Å². The van der Waals surface area contributed by atoms with Crippen LogP contribution in [-0.2, 0) is 11.3 Å². The molecule has 2 aromatic rings. The molecular formula is C19H25N3O3. The summed E-state index contributed by atoms with van der Waals surface area (Å²) in [6.45, 7) is 4.48. The zero-order valence-electron chi connectivity index (χ0n) is 15.1. The molecule has 25 heavy (non-hydrogen) atoms. The minimum Gasteiger partial charge on any atom is -0.459 e. The number of carbonyl (C=O) groups excluding carboxylic acids is 2. The molecule has 2 N–H and O–H groups in total. The molecule has 6 heteroatoms. The molecule has 134 valence electrons. The van der Waals surface area contributed by atoms with E-state index in [9.17, 15) is 9.59 Å². The minimum absolute atomic E-state index is 0.0695. The molecule has 0 saturated carbocycles. The molecule has 1 heterocycles. The fourth-order valence-corrected chi connectivity index (χ4v) is 2.49. The molecule has 0 aliphatic rings. The first-order chi connectivity index (χ1) is 11.9. The van der Waals surface area contributed by atoms with Gasteiger partial charge in [-0.25, -0.2) is 0 Å². The number of carbonyl (C=O) groups is 2. The van der Waals surface area contributed by atoms with Crippen molar-refractivity contribution in [2.75, 3.05) is 19.4 Å². The Bertz CT molecular complexity index is 708. The number of hydrogen-bond acceptors (Lipinski definition) is 4. The van der Waals surface area contributed by atoms with Gasteiger partial charge in [0.25, 0.3) is 5.91 Å². The molecule has 1 aromatic heterocycles. The van der Waals surface area contributed by atoms with Gasteiger partial charge in [-0.2, -0.15) is 0 Å². The van der Waals surface area contributed by atoms with E-state index in [0.717, 1.165) is 11.3 Å². The van der Waals surface area contributed by atoms with Gasteiger partial charge in [0.05, 0.1) is 6.26 Å². The fourth-order valence-electron chi connectivity index (χ4n) is 2.49. The first kappa shape index (κ1) is 18.7. The number of anilines is 1. The highest BCUT2D eigenvalue weighted by Crippen LogP contribution is 2.17. The monoisotopic (exact) mass is 343 g/mol. The Morgan fingerprint density at radius 3 is 2.44 bits per heavy atom. The summed E-state index contributed by atoms with van der Waals surface area (Å²) < 4.78 is 5.09. The third kappa shape index (κ3) is 5.19. The first-order valence-corrected chi connectivity index (χ1v) is 8.26. The molecular weight excluding hydrogens is 318 g/mol. The van der Waals surface area contributed by atoms with Crippen molar-refractivity contribution in [3.63, 3.8) is 0 Å². The summed E-state index contributed by atoms with van der Waals surface area (Å²) in [5.74, 6) is -0.534. The Kier molecular flexibility index (Phi) is 6.36.